The molecule has 12 aromatic heterocycles. The normalized spacial score (nSPS) is 11.4. The SMILES string of the molecule is Cc1ccc(-c2nc(-c3ccc(C)cc3)nc(-c3ccc(-c4nc5ccccc5c5nc6ccccn6c45)cc3)n2)cc1.c1ccc(-c2ccc(-c3nc(-c4ccc(-c5ccccc5)cc4)nc(-c4ccc(-c5nc6ccccc6c6nc7ccccn7c56)cc4)n3)cc2)cc1.c1ccc(-c2ccc(-c3nc(-c4ccccc4)nc(-c4ccc(-c5nc6ccccc6c6nc7ccccn7c56)cc4)n3)cc2)cc1. The van der Waals surface area contributed by atoms with Crippen molar-refractivity contribution in [2.45, 2.75) is 13.8 Å². The fourth-order valence-corrected chi connectivity index (χ4v) is 18.6. The Kier molecular flexibility index (Phi) is 21.9. The Labute approximate surface area is 821 Å². The summed E-state index contributed by atoms with van der Waals surface area (Å²) in [5.41, 5.74) is 34.4. The number of imidazole rings is 3. The predicted molar refractivity (Wildman–Crippen MR) is 575 cm³/mol. The lowest BCUT2D eigenvalue weighted by atomic mass is 10.0. The van der Waals surface area contributed by atoms with E-state index in [4.69, 9.17) is 74.8 Å². The van der Waals surface area contributed by atoms with Gasteiger partial charge in [0.25, 0.3) is 0 Å². The molecule has 15 aromatic carbocycles. The number of aromatic nitrogens is 18. The molecule has 0 N–H and O–H groups in total. The third-order valence-corrected chi connectivity index (χ3v) is 26.0. The summed E-state index contributed by atoms with van der Waals surface area (Å²) in [6.07, 6.45) is 6.14. The van der Waals surface area contributed by atoms with Crippen LogP contribution in [0.4, 0.5) is 0 Å². The monoisotopic (exact) mass is 1830 g/mol. The molecule has 0 spiro atoms. The third-order valence-electron chi connectivity index (χ3n) is 26.0. The average Bonchev–Trinajstić information content (AvgIpc) is 1.57. The lowest BCUT2D eigenvalue weighted by Crippen LogP contribution is -2.00. The zero-order chi connectivity index (χ0) is 95.2. The minimum atomic E-state index is 0.599. The van der Waals surface area contributed by atoms with E-state index in [1.807, 2.05) is 176 Å². The van der Waals surface area contributed by atoms with Crippen LogP contribution >= 0.6 is 0 Å². The van der Waals surface area contributed by atoms with E-state index in [0.717, 1.165) is 194 Å². The van der Waals surface area contributed by atoms with Crippen LogP contribution in [-0.4, -0.2) is 88.0 Å². The summed E-state index contributed by atoms with van der Waals surface area (Å²) < 4.78 is 6.35. The van der Waals surface area contributed by atoms with Crippen molar-refractivity contribution >= 4 is 82.8 Å². The Hall–Kier alpha value is -19.6. The second kappa shape index (κ2) is 36.8. The molecule has 0 aliphatic carbocycles. The van der Waals surface area contributed by atoms with Gasteiger partial charge in [0.05, 0.1) is 50.2 Å². The first kappa shape index (κ1) is 85.1. The van der Waals surface area contributed by atoms with E-state index in [1.165, 1.54) is 16.7 Å². The summed E-state index contributed by atoms with van der Waals surface area (Å²) in [6.45, 7) is 4.15. The van der Waals surface area contributed by atoms with Gasteiger partial charge in [0.1, 0.15) is 33.5 Å². The number of para-hydroxylation sites is 3. The molecule has 672 valence electrons. The van der Waals surface area contributed by atoms with Crippen LogP contribution in [0.25, 0.3) is 252 Å². The molecule has 0 saturated carbocycles. The zero-order valence-corrected chi connectivity index (χ0v) is 77.4. The third kappa shape index (κ3) is 16.7. The molecule has 0 aliphatic rings. The van der Waals surface area contributed by atoms with Crippen molar-refractivity contribution in [2.75, 3.05) is 0 Å². The van der Waals surface area contributed by atoms with Crippen molar-refractivity contribution in [3.8, 4) is 170 Å². The number of benzene rings is 15. The molecule has 18 heteroatoms. The van der Waals surface area contributed by atoms with Gasteiger partial charge < -0.3 is 0 Å². The Morgan fingerprint density at radius 2 is 0.315 bits per heavy atom. The highest BCUT2D eigenvalue weighted by Crippen LogP contribution is 2.41. The smallest absolute Gasteiger partial charge is 0.164 e. The summed E-state index contributed by atoms with van der Waals surface area (Å²) in [7, 11) is 0. The summed E-state index contributed by atoms with van der Waals surface area (Å²) in [4.78, 5) is 75.0. The highest BCUT2D eigenvalue weighted by molar-refractivity contribution is 6.12. The van der Waals surface area contributed by atoms with Gasteiger partial charge in [0.15, 0.2) is 52.4 Å². The molecule has 0 amide bonds. The topological polar surface area (TPSA) is 207 Å². The molecular formula is C125H82N18. The maximum Gasteiger partial charge on any atom is 0.164 e. The number of nitrogens with zero attached hydrogens (tertiary/aromatic N) is 18. The molecule has 12 heterocycles. The Morgan fingerprint density at radius 1 is 0.140 bits per heavy atom. The number of hydrogen-bond donors (Lipinski definition) is 0. The van der Waals surface area contributed by atoms with Crippen LogP contribution in [0, 0.1) is 13.8 Å². The van der Waals surface area contributed by atoms with Gasteiger partial charge >= 0.3 is 0 Å². The molecule has 0 aliphatic heterocycles. The molecule has 0 saturated heterocycles. The molecule has 18 nitrogen and oxygen atoms in total. The molecule has 0 fully saturated rings. The second-order valence-electron chi connectivity index (χ2n) is 35.2. The van der Waals surface area contributed by atoms with Crippen LogP contribution in [0.15, 0.2) is 461 Å². The van der Waals surface area contributed by atoms with Gasteiger partial charge in [0, 0.05) is 102 Å². The van der Waals surface area contributed by atoms with Crippen LogP contribution in [-0.2, 0) is 0 Å². The molecule has 0 bridgehead atoms. The van der Waals surface area contributed by atoms with E-state index >= 15 is 0 Å². The van der Waals surface area contributed by atoms with Gasteiger partial charge in [0.2, 0.25) is 0 Å². The maximum atomic E-state index is 5.16. The Morgan fingerprint density at radius 3 is 0.552 bits per heavy atom. The average molecular weight is 1840 g/mol. The number of pyridine rings is 6. The highest BCUT2D eigenvalue weighted by atomic mass is 15.1. The van der Waals surface area contributed by atoms with E-state index < -0.39 is 0 Å². The van der Waals surface area contributed by atoms with Crippen LogP contribution in [0.2, 0.25) is 0 Å². The number of aryl methyl sites for hydroxylation is 2. The van der Waals surface area contributed by atoms with Crippen LogP contribution in [0.5, 0.6) is 0 Å². The molecule has 143 heavy (non-hydrogen) atoms. The molecule has 0 atom stereocenters. The highest BCUT2D eigenvalue weighted by Gasteiger charge is 2.25. The Balaban J connectivity index is 0.000000113. The summed E-state index contributed by atoms with van der Waals surface area (Å²) in [5.74, 6) is 5.61. The van der Waals surface area contributed by atoms with E-state index in [-0.39, 0.29) is 0 Å². The first-order valence-corrected chi connectivity index (χ1v) is 47.4. The standard InChI is InChI=1S/C47H30N6.C41H26N6.C37H26N6/c1-3-11-31(12-4-1)33-18-24-36(25-19-33)45-50-46(37-26-20-34(21-27-37)32-13-5-2-6-14-32)52-47(51-45)38-28-22-35(23-29-38)42-44-43(39-15-7-8-16-40(39)48-42)49-41-17-9-10-30-53(41)44;1-3-11-27(12-4-1)28-18-22-31(23-19-28)40-44-39(30-13-5-2-6-14-30)45-41(46-40)32-24-20-29(21-25-32)36-38-37(33-15-7-8-16-34(33)42-36)43-35-17-9-10-26-47(35)38;1-23-10-14-26(15-11-23)35-40-36(27-16-12-24(2)13-17-27)42-37(41-35)28-20-18-25(19-21-28)32-34-33(29-7-3-4-8-30(29)38-32)39-31-9-5-6-22-43(31)34/h1-30H;1-26H;3-22H,1-2H3. The van der Waals surface area contributed by atoms with Crippen molar-refractivity contribution in [3.05, 3.63) is 473 Å². The summed E-state index contributed by atoms with van der Waals surface area (Å²) in [6, 6.07) is 151. The number of hydrogen-bond acceptors (Lipinski definition) is 15. The van der Waals surface area contributed by atoms with Crippen molar-refractivity contribution in [3.63, 3.8) is 0 Å². The van der Waals surface area contributed by atoms with Crippen molar-refractivity contribution in [2.24, 2.45) is 0 Å². The van der Waals surface area contributed by atoms with Crippen molar-refractivity contribution < 1.29 is 0 Å². The maximum absolute atomic E-state index is 5.16. The van der Waals surface area contributed by atoms with E-state index in [0.29, 0.717) is 52.4 Å². The van der Waals surface area contributed by atoms with Crippen LogP contribution in [0.1, 0.15) is 11.1 Å². The first-order chi connectivity index (χ1) is 70.6. The van der Waals surface area contributed by atoms with Gasteiger partial charge in [-0.2, -0.15) is 0 Å². The van der Waals surface area contributed by atoms with Crippen molar-refractivity contribution in [1.82, 2.24) is 88.0 Å². The van der Waals surface area contributed by atoms with E-state index in [2.05, 4.69) is 312 Å². The van der Waals surface area contributed by atoms with Crippen LogP contribution in [0.3, 0.4) is 0 Å². The fraction of sp³-hybridized carbons (Fsp3) is 0.0160. The predicted octanol–water partition coefficient (Wildman–Crippen LogP) is 29.3. The van der Waals surface area contributed by atoms with Gasteiger partial charge in [-0.15, -0.1) is 0 Å². The van der Waals surface area contributed by atoms with Crippen molar-refractivity contribution in [1.29, 1.82) is 0 Å². The lowest BCUT2D eigenvalue weighted by Gasteiger charge is -2.11. The van der Waals surface area contributed by atoms with Gasteiger partial charge in [-0.1, -0.05) is 399 Å². The summed E-state index contributed by atoms with van der Waals surface area (Å²) in [5, 5.41) is 3.11. The first-order valence-electron chi connectivity index (χ1n) is 47.4. The number of rotatable bonds is 15. The quantitative estimate of drug-likeness (QED) is 0.0935. The molecular weight excluding hydrogens is 1750 g/mol. The van der Waals surface area contributed by atoms with Gasteiger partial charge in [-0.3, -0.25) is 13.2 Å². The molecule has 0 radical (unpaired) electrons. The molecule has 27 aromatic rings. The lowest BCUT2D eigenvalue weighted by molar-refractivity contribution is 1.07. The molecule has 0 unspecified atom stereocenters. The largest absolute Gasteiger partial charge is 0.298 e. The molecule has 27 rings (SSSR count). The summed E-state index contributed by atoms with van der Waals surface area (Å²) >= 11 is 0. The van der Waals surface area contributed by atoms with E-state index in [9.17, 15) is 0 Å². The van der Waals surface area contributed by atoms with Gasteiger partial charge in [-0.05, 0) is 102 Å². The second-order valence-corrected chi connectivity index (χ2v) is 35.2. The zero-order valence-electron chi connectivity index (χ0n) is 77.4. The van der Waals surface area contributed by atoms with E-state index in [1.54, 1.807) is 0 Å². The van der Waals surface area contributed by atoms with Gasteiger partial charge in [-0.25, -0.2) is 74.8 Å². The minimum absolute atomic E-state index is 0.599. The fourth-order valence-electron chi connectivity index (χ4n) is 18.6. The Bertz CT molecular complexity index is 9300. The number of fused-ring (bicyclic) bond motifs is 15. The minimum Gasteiger partial charge on any atom is -0.298 e. The van der Waals surface area contributed by atoms with Crippen LogP contribution < -0.4 is 0 Å².